The molecule has 0 saturated heterocycles. The van der Waals surface area contributed by atoms with Crippen LogP contribution in [0.15, 0.2) is 24.5 Å². The number of aryl methyl sites for hydroxylation is 3. The van der Waals surface area contributed by atoms with Crippen molar-refractivity contribution in [2.75, 3.05) is 7.05 Å². The molecule has 0 aliphatic rings. The SMILES string of the molecule is CNC(Cc1cc(C)nn1C)c1ccncc1C. The minimum Gasteiger partial charge on any atom is -0.313 e. The van der Waals surface area contributed by atoms with Crippen LogP contribution in [0.3, 0.4) is 0 Å². The minimum absolute atomic E-state index is 0.294. The van der Waals surface area contributed by atoms with Gasteiger partial charge < -0.3 is 5.32 Å². The van der Waals surface area contributed by atoms with Crippen molar-refractivity contribution in [2.45, 2.75) is 26.3 Å². The van der Waals surface area contributed by atoms with Gasteiger partial charge in [-0.3, -0.25) is 9.67 Å². The molecule has 2 rings (SSSR count). The molecule has 1 N–H and O–H groups in total. The van der Waals surface area contributed by atoms with Gasteiger partial charge in [-0.2, -0.15) is 5.10 Å². The van der Waals surface area contributed by atoms with Gasteiger partial charge in [-0.15, -0.1) is 0 Å². The van der Waals surface area contributed by atoms with E-state index in [9.17, 15) is 0 Å². The Labute approximate surface area is 108 Å². The molecule has 2 heterocycles. The van der Waals surface area contributed by atoms with Crippen LogP contribution < -0.4 is 5.32 Å². The van der Waals surface area contributed by atoms with Gasteiger partial charge in [0.2, 0.25) is 0 Å². The van der Waals surface area contributed by atoms with Crippen LogP contribution in [0.25, 0.3) is 0 Å². The third kappa shape index (κ3) is 2.59. The van der Waals surface area contributed by atoms with E-state index in [1.165, 1.54) is 16.8 Å². The van der Waals surface area contributed by atoms with Crippen LogP contribution in [0.1, 0.15) is 28.6 Å². The summed E-state index contributed by atoms with van der Waals surface area (Å²) in [5, 5.41) is 7.77. The summed E-state index contributed by atoms with van der Waals surface area (Å²) in [7, 11) is 3.99. The summed E-state index contributed by atoms with van der Waals surface area (Å²) >= 11 is 0. The highest BCUT2D eigenvalue weighted by Gasteiger charge is 2.14. The highest BCUT2D eigenvalue weighted by molar-refractivity contribution is 5.27. The number of hydrogen-bond donors (Lipinski definition) is 1. The first-order valence-electron chi connectivity index (χ1n) is 6.19. The second-order valence-electron chi connectivity index (χ2n) is 4.68. The standard InChI is InChI=1S/C14H20N4/c1-10-9-16-6-5-13(10)14(15-3)8-12-7-11(2)17-18(12)4/h5-7,9,14-15H,8H2,1-4H3. The first-order chi connectivity index (χ1) is 8.61. The summed E-state index contributed by atoms with van der Waals surface area (Å²) in [6.07, 6.45) is 4.69. The fourth-order valence-corrected chi connectivity index (χ4v) is 2.31. The highest BCUT2D eigenvalue weighted by Crippen LogP contribution is 2.20. The van der Waals surface area contributed by atoms with Crippen molar-refractivity contribution in [3.8, 4) is 0 Å². The van der Waals surface area contributed by atoms with Crippen LogP contribution in [-0.4, -0.2) is 21.8 Å². The quantitative estimate of drug-likeness (QED) is 0.893. The third-order valence-corrected chi connectivity index (χ3v) is 3.30. The zero-order valence-corrected chi connectivity index (χ0v) is 11.4. The Morgan fingerprint density at radius 2 is 2.17 bits per heavy atom. The Balaban J connectivity index is 2.25. The number of hydrogen-bond acceptors (Lipinski definition) is 3. The lowest BCUT2D eigenvalue weighted by atomic mass is 9.99. The normalized spacial score (nSPS) is 12.7. The van der Waals surface area contributed by atoms with E-state index in [4.69, 9.17) is 0 Å². The number of aromatic nitrogens is 3. The van der Waals surface area contributed by atoms with Crippen LogP contribution >= 0.6 is 0 Å². The molecule has 0 saturated carbocycles. The predicted octanol–water partition coefficient (Wildman–Crippen LogP) is 1.94. The van der Waals surface area contributed by atoms with E-state index in [1.54, 1.807) is 0 Å². The Morgan fingerprint density at radius 1 is 1.39 bits per heavy atom. The summed E-state index contributed by atoms with van der Waals surface area (Å²) in [4.78, 5) is 4.14. The molecule has 18 heavy (non-hydrogen) atoms. The predicted molar refractivity (Wildman–Crippen MR) is 72.4 cm³/mol. The summed E-state index contributed by atoms with van der Waals surface area (Å²) < 4.78 is 1.95. The molecule has 0 bridgehead atoms. The van der Waals surface area contributed by atoms with E-state index in [2.05, 4.69) is 34.5 Å². The van der Waals surface area contributed by atoms with Crippen molar-refractivity contribution in [2.24, 2.45) is 7.05 Å². The van der Waals surface area contributed by atoms with Crippen LogP contribution in [0, 0.1) is 13.8 Å². The van der Waals surface area contributed by atoms with E-state index in [-0.39, 0.29) is 0 Å². The number of nitrogens with zero attached hydrogens (tertiary/aromatic N) is 3. The average Bonchev–Trinajstić information content (AvgIpc) is 2.66. The minimum atomic E-state index is 0.294. The van der Waals surface area contributed by atoms with Crippen molar-refractivity contribution in [3.05, 3.63) is 47.0 Å². The maximum atomic E-state index is 4.39. The Hall–Kier alpha value is -1.68. The van der Waals surface area contributed by atoms with Crippen LogP contribution in [0.5, 0.6) is 0 Å². The molecule has 4 heteroatoms. The second kappa shape index (κ2) is 5.31. The van der Waals surface area contributed by atoms with Crippen molar-refractivity contribution >= 4 is 0 Å². The lowest BCUT2D eigenvalue weighted by Crippen LogP contribution is -2.21. The molecule has 96 valence electrons. The molecule has 0 amide bonds. The Bertz CT molecular complexity index is 530. The first kappa shape index (κ1) is 12.8. The fourth-order valence-electron chi connectivity index (χ4n) is 2.31. The van der Waals surface area contributed by atoms with Crippen molar-refractivity contribution in [3.63, 3.8) is 0 Å². The van der Waals surface area contributed by atoms with Gasteiger partial charge in [-0.05, 0) is 44.2 Å². The smallest absolute Gasteiger partial charge is 0.0596 e. The molecule has 0 aromatic carbocycles. The molecule has 0 fully saturated rings. The molecule has 1 unspecified atom stereocenters. The average molecular weight is 244 g/mol. The van der Waals surface area contributed by atoms with Gasteiger partial charge in [-0.1, -0.05) is 0 Å². The van der Waals surface area contributed by atoms with Crippen molar-refractivity contribution < 1.29 is 0 Å². The summed E-state index contributed by atoms with van der Waals surface area (Å²) in [6.45, 7) is 4.12. The zero-order valence-electron chi connectivity index (χ0n) is 11.4. The molecule has 2 aromatic rings. The van der Waals surface area contributed by atoms with Gasteiger partial charge >= 0.3 is 0 Å². The molecule has 0 radical (unpaired) electrons. The van der Waals surface area contributed by atoms with E-state index in [0.29, 0.717) is 6.04 Å². The zero-order chi connectivity index (χ0) is 13.1. The van der Waals surface area contributed by atoms with Gasteiger partial charge in [-0.25, -0.2) is 0 Å². The molecular weight excluding hydrogens is 224 g/mol. The van der Waals surface area contributed by atoms with Gasteiger partial charge in [0.15, 0.2) is 0 Å². The number of rotatable bonds is 4. The van der Waals surface area contributed by atoms with Crippen molar-refractivity contribution in [1.82, 2.24) is 20.1 Å². The largest absolute Gasteiger partial charge is 0.313 e. The summed E-state index contributed by atoms with van der Waals surface area (Å²) in [5.74, 6) is 0. The lowest BCUT2D eigenvalue weighted by Gasteiger charge is -2.18. The Morgan fingerprint density at radius 3 is 2.72 bits per heavy atom. The molecule has 0 aliphatic heterocycles. The highest BCUT2D eigenvalue weighted by atomic mass is 15.3. The molecule has 0 aliphatic carbocycles. The lowest BCUT2D eigenvalue weighted by molar-refractivity contribution is 0.558. The Kier molecular flexibility index (Phi) is 3.77. The summed E-state index contributed by atoms with van der Waals surface area (Å²) in [6, 6.07) is 4.52. The fraction of sp³-hybridized carbons (Fsp3) is 0.429. The number of likely N-dealkylation sites (N-methyl/N-ethyl adjacent to an activating group) is 1. The molecule has 1 atom stereocenters. The van der Waals surface area contributed by atoms with Crippen molar-refractivity contribution in [1.29, 1.82) is 0 Å². The molecular formula is C14H20N4. The van der Waals surface area contributed by atoms with Gasteiger partial charge in [0.1, 0.15) is 0 Å². The topological polar surface area (TPSA) is 42.7 Å². The van der Waals surface area contributed by atoms with E-state index >= 15 is 0 Å². The first-order valence-corrected chi connectivity index (χ1v) is 6.19. The van der Waals surface area contributed by atoms with E-state index in [0.717, 1.165) is 12.1 Å². The van der Waals surface area contributed by atoms with Gasteiger partial charge in [0.25, 0.3) is 0 Å². The maximum absolute atomic E-state index is 4.39. The molecule has 2 aromatic heterocycles. The van der Waals surface area contributed by atoms with E-state index in [1.807, 2.05) is 38.1 Å². The van der Waals surface area contributed by atoms with Gasteiger partial charge in [0.05, 0.1) is 5.69 Å². The maximum Gasteiger partial charge on any atom is 0.0596 e. The van der Waals surface area contributed by atoms with Gasteiger partial charge in [0, 0.05) is 37.6 Å². The van der Waals surface area contributed by atoms with Crippen LogP contribution in [0.2, 0.25) is 0 Å². The van der Waals surface area contributed by atoms with Crippen LogP contribution in [-0.2, 0) is 13.5 Å². The number of pyridine rings is 1. The molecule has 4 nitrogen and oxygen atoms in total. The second-order valence-corrected chi connectivity index (χ2v) is 4.68. The van der Waals surface area contributed by atoms with E-state index < -0.39 is 0 Å². The third-order valence-electron chi connectivity index (χ3n) is 3.30. The monoisotopic (exact) mass is 244 g/mol. The summed E-state index contributed by atoms with van der Waals surface area (Å²) in [5.41, 5.74) is 4.82. The number of nitrogens with one attached hydrogen (secondary N) is 1. The van der Waals surface area contributed by atoms with Crippen LogP contribution in [0.4, 0.5) is 0 Å². The molecule has 0 spiro atoms.